The lowest BCUT2D eigenvalue weighted by Gasteiger charge is -2.34. The van der Waals surface area contributed by atoms with Crippen LogP contribution < -0.4 is 5.32 Å². The summed E-state index contributed by atoms with van der Waals surface area (Å²) < 4.78 is 5.66. The van der Waals surface area contributed by atoms with Crippen LogP contribution >= 0.6 is 12.4 Å². The summed E-state index contributed by atoms with van der Waals surface area (Å²) in [6.07, 6.45) is 4.22. The summed E-state index contributed by atoms with van der Waals surface area (Å²) in [5.41, 5.74) is 1.25. The highest BCUT2D eigenvalue weighted by atomic mass is 35.5. The molecular formula is C17H25ClN2O2. The average molecular weight is 325 g/mol. The van der Waals surface area contributed by atoms with Gasteiger partial charge in [-0.1, -0.05) is 43.2 Å². The number of ether oxygens (including phenoxy) is 1. The summed E-state index contributed by atoms with van der Waals surface area (Å²) in [7, 11) is 0. The van der Waals surface area contributed by atoms with Gasteiger partial charge in [0.2, 0.25) is 0 Å². The van der Waals surface area contributed by atoms with Crippen LogP contribution in [0.2, 0.25) is 0 Å². The van der Waals surface area contributed by atoms with Crippen molar-refractivity contribution < 1.29 is 9.53 Å². The first kappa shape index (κ1) is 17.3. The fourth-order valence-corrected chi connectivity index (χ4v) is 3.30. The monoisotopic (exact) mass is 324 g/mol. The molecule has 0 bridgehead atoms. The third-order valence-electron chi connectivity index (χ3n) is 4.42. The second-order valence-electron chi connectivity index (χ2n) is 5.87. The molecule has 1 amide bonds. The smallest absolute Gasteiger partial charge is 0.253 e. The minimum atomic E-state index is -0.317. The predicted molar refractivity (Wildman–Crippen MR) is 89.2 cm³/mol. The van der Waals surface area contributed by atoms with Crippen molar-refractivity contribution in [3.05, 3.63) is 35.9 Å². The van der Waals surface area contributed by atoms with Gasteiger partial charge in [0.25, 0.3) is 5.91 Å². The van der Waals surface area contributed by atoms with E-state index in [1.54, 1.807) is 0 Å². The number of hydrogen-bond acceptors (Lipinski definition) is 3. The van der Waals surface area contributed by atoms with Gasteiger partial charge >= 0.3 is 0 Å². The van der Waals surface area contributed by atoms with E-state index in [9.17, 15) is 4.79 Å². The van der Waals surface area contributed by atoms with Crippen LogP contribution in [0, 0.1) is 0 Å². The number of hydrogen-bond donors (Lipinski definition) is 1. The summed E-state index contributed by atoms with van der Waals surface area (Å²) in [4.78, 5) is 14.9. The number of likely N-dealkylation sites (tertiary alicyclic amines) is 1. The third-order valence-corrected chi connectivity index (χ3v) is 4.42. The molecule has 22 heavy (non-hydrogen) atoms. The highest BCUT2D eigenvalue weighted by Gasteiger charge is 2.32. The molecule has 2 saturated heterocycles. The van der Waals surface area contributed by atoms with Crippen LogP contribution in [-0.2, 0) is 9.53 Å². The van der Waals surface area contributed by atoms with Crippen molar-refractivity contribution in [2.45, 2.75) is 37.8 Å². The molecule has 0 aromatic heterocycles. The third kappa shape index (κ3) is 4.00. The Hall–Kier alpha value is -1.10. The van der Waals surface area contributed by atoms with Crippen molar-refractivity contribution in [1.29, 1.82) is 0 Å². The zero-order valence-electron chi connectivity index (χ0n) is 12.9. The number of nitrogens with zero attached hydrogens (tertiary/aromatic N) is 1. The SMILES string of the molecule is Cl.O=C(C1CNCCO1)N1CCCCCC1c1ccccc1. The molecule has 0 spiro atoms. The molecule has 5 heteroatoms. The van der Waals surface area contributed by atoms with Gasteiger partial charge in [0.1, 0.15) is 6.10 Å². The molecule has 1 N–H and O–H groups in total. The Morgan fingerprint density at radius 2 is 2.00 bits per heavy atom. The number of nitrogens with one attached hydrogen (secondary N) is 1. The Morgan fingerprint density at radius 3 is 2.73 bits per heavy atom. The number of morpholine rings is 1. The first-order valence-corrected chi connectivity index (χ1v) is 8.04. The molecule has 2 aliphatic rings. The number of amides is 1. The van der Waals surface area contributed by atoms with E-state index in [0.29, 0.717) is 13.2 Å². The molecule has 2 fully saturated rings. The maximum absolute atomic E-state index is 12.9. The second-order valence-corrected chi connectivity index (χ2v) is 5.87. The van der Waals surface area contributed by atoms with E-state index >= 15 is 0 Å². The molecule has 4 nitrogen and oxygen atoms in total. The molecule has 122 valence electrons. The lowest BCUT2D eigenvalue weighted by molar-refractivity contribution is -0.147. The Morgan fingerprint density at radius 1 is 1.18 bits per heavy atom. The van der Waals surface area contributed by atoms with Gasteiger partial charge in [-0.2, -0.15) is 0 Å². The van der Waals surface area contributed by atoms with E-state index in [1.807, 2.05) is 6.07 Å². The maximum Gasteiger partial charge on any atom is 0.253 e. The van der Waals surface area contributed by atoms with Crippen molar-refractivity contribution in [1.82, 2.24) is 10.2 Å². The highest BCUT2D eigenvalue weighted by molar-refractivity contribution is 5.85. The van der Waals surface area contributed by atoms with E-state index in [2.05, 4.69) is 34.5 Å². The van der Waals surface area contributed by atoms with Gasteiger partial charge in [-0.05, 0) is 18.4 Å². The van der Waals surface area contributed by atoms with Crippen LogP contribution in [0.25, 0.3) is 0 Å². The fraction of sp³-hybridized carbons (Fsp3) is 0.588. The standard InChI is InChI=1S/C17H24N2O2.ClH/c20-17(16-13-18-10-12-21-16)19-11-6-2-5-9-15(19)14-7-3-1-4-8-14;/h1,3-4,7-8,15-16,18H,2,5-6,9-13H2;1H. The van der Waals surface area contributed by atoms with Crippen LogP contribution in [0.1, 0.15) is 37.3 Å². The first-order chi connectivity index (χ1) is 10.4. The molecule has 1 aromatic rings. The molecule has 2 heterocycles. The van der Waals surface area contributed by atoms with Crippen molar-refractivity contribution in [3.8, 4) is 0 Å². The maximum atomic E-state index is 12.9. The molecular weight excluding hydrogens is 300 g/mol. The van der Waals surface area contributed by atoms with Crippen LogP contribution in [0.5, 0.6) is 0 Å². The van der Waals surface area contributed by atoms with Crippen molar-refractivity contribution in [3.63, 3.8) is 0 Å². The molecule has 3 rings (SSSR count). The molecule has 0 saturated carbocycles. The molecule has 0 aliphatic carbocycles. The number of halogens is 1. The Balaban J connectivity index is 0.00000176. The van der Waals surface area contributed by atoms with Crippen molar-refractivity contribution in [2.24, 2.45) is 0 Å². The van der Waals surface area contributed by atoms with Gasteiger partial charge in [-0.3, -0.25) is 4.79 Å². The quantitative estimate of drug-likeness (QED) is 0.909. The largest absolute Gasteiger partial charge is 0.366 e. The molecule has 2 atom stereocenters. The summed E-state index contributed by atoms with van der Waals surface area (Å²) in [5.74, 6) is 0.151. The lowest BCUT2D eigenvalue weighted by Crippen LogP contribution is -2.50. The lowest BCUT2D eigenvalue weighted by atomic mass is 10.0. The molecule has 2 unspecified atom stereocenters. The summed E-state index contributed by atoms with van der Waals surface area (Å²) in [6.45, 7) is 2.95. The molecule has 2 aliphatic heterocycles. The zero-order valence-corrected chi connectivity index (χ0v) is 13.7. The minimum absolute atomic E-state index is 0. The summed E-state index contributed by atoms with van der Waals surface area (Å²) in [6, 6.07) is 10.6. The van der Waals surface area contributed by atoms with Gasteiger partial charge in [0, 0.05) is 19.6 Å². The van der Waals surface area contributed by atoms with E-state index in [-0.39, 0.29) is 30.5 Å². The number of carbonyl (C=O) groups excluding carboxylic acids is 1. The Bertz CT molecular complexity index is 463. The summed E-state index contributed by atoms with van der Waals surface area (Å²) >= 11 is 0. The Labute approximate surface area is 138 Å². The minimum Gasteiger partial charge on any atom is -0.366 e. The topological polar surface area (TPSA) is 41.6 Å². The van der Waals surface area contributed by atoms with Crippen LogP contribution in [-0.4, -0.2) is 43.2 Å². The van der Waals surface area contributed by atoms with E-state index < -0.39 is 0 Å². The number of benzene rings is 1. The van der Waals surface area contributed by atoms with Crippen LogP contribution in [0.3, 0.4) is 0 Å². The van der Waals surface area contributed by atoms with Crippen LogP contribution in [0.15, 0.2) is 30.3 Å². The predicted octanol–water partition coefficient (Wildman–Crippen LogP) is 2.54. The van der Waals surface area contributed by atoms with Gasteiger partial charge in [-0.15, -0.1) is 12.4 Å². The molecule has 0 radical (unpaired) electrons. The molecule has 1 aromatic carbocycles. The van der Waals surface area contributed by atoms with E-state index in [0.717, 1.165) is 25.9 Å². The Kier molecular flexibility index (Phi) is 6.68. The number of carbonyl (C=O) groups is 1. The normalized spacial score (nSPS) is 25.9. The summed E-state index contributed by atoms with van der Waals surface area (Å²) in [5, 5.41) is 3.25. The van der Waals surface area contributed by atoms with Crippen LogP contribution in [0.4, 0.5) is 0 Å². The van der Waals surface area contributed by atoms with Crippen molar-refractivity contribution >= 4 is 18.3 Å². The highest BCUT2D eigenvalue weighted by Crippen LogP contribution is 2.30. The van der Waals surface area contributed by atoms with Gasteiger partial charge in [0.05, 0.1) is 12.6 Å². The average Bonchev–Trinajstić information content (AvgIpc) is 2.81. The van der Waals surface area contributed by atoms with Gasteiger partial charge < -0.3 is 15.0 Å². The fourth-order valence-electron chi connectivity index (χ4n) is 3.30. The second kappa shape index (κ2) is 8.51. The van der Waals surface area contributed by atoms with E-state index in [4.69, 9.17) is 4.74 Å². The van der Waals surface area contributed by atoms with E-state index in [1.165, 1.54) is 18.4 Å². The first-order valence-electron chi connectivity index (χ1n) is 8.04. The number of rotatable bonds is 2. The van der Waals surface area contributed by atoms with Gasteiger partial charge in [-0.25, -0.2) is 0 Å². The van der Waals surface area contributed by atoms with Gasteiger partial charge in [0.15, 0.2) is 0 Å². The van der Waals surface area contributed by atoms with Crippen molar-refractivity contribution in [2.75, 3.05) is 26.2 Å². The zero-order chi connectivity index (χ0) is 14.5.